The fourth-order valence-corrected chi connectivity index (χ4v) is 4.76. The summed E-state index contributed by atoms with van der Waals surface area (Å²) in [4.78, 5) is 9.01. The highest BCUT2D eigenvalue weighted by atomic mass is 31.2. The van der Waals surface area contributed by atoms with E-state index < -0.39 is 141 Å². The molecule has 66 heavy (non-hydrogen) atoms. The molecule has 0 amide bonds. The molecule has 0 aliphatic heterocycles. The molecule has 5 nitrogen and oxygen atoms in total. The van der Waals surface area contributed by atoms with E-state index in [1.165, 1.54) is 0 Å². The third kappa shape index (κ3) is 9.04. The highest BCUT2D eigenvalue weighted by Gasteiger charge is 3.00. The second kappa shape index (κ2) is 17.1. The zero-order valence-electron chi connectivity index (χ0n) is 29.0. The minimum atomic E-state index is -9.51. The van der Waals surface area contributed by atoms with Crippen LogP contribution in [0, 0.1) is 0 Å². The molecule has 44 heteroatoms. The number of hydrogen-bond donors (Lipinski definition) is 2. The quantitative estimate of drug-likeness (QED) is 0.0936. The van der Waals surface area contributed by atoms with E-state index in [-0.39, 0.29) is 6.15 Å². The van der Waals surface area contributed by atoms with Crippen LogP contribution in [0.5, 0.6) is 0 Å². The van der Waals surface area contributed by atoms with Crippen molar-refractivity contribution in [1.29, 1.82) is 0 Å². The molecule has 0 aliphatic rings. The summed E-state index contributed by atoms with van der Waals surface area (Å²) in [7, 11) is -7.09. The van der Waals surface area contributed by atoms with Crippen molar-refractivity contribution in [2.75, 3.05) is 13.2 Å². The Morgan fingerprint density at radius 1 is 0.288 bits per heavy atom. The first-order valence-electron chi connectivity index (χ1n) is 14.2. The average molecular weight is 1110 g/mol. The second-order valence-electron chi connectivity index (χ2n) is 12.1. The van der Waals surface area contributed by atoms with Gasteiger partial charge >= 0.3 is 115 Å². The van der Waals surface area contributed by atoms with Crippen molar-refractivity contribution in [3.05, 3.63) is 0 Å². The van der Waals surface area contributed by atoms with Gasteiger partial charge in [-0.05, 0) is 0 Å². The van der Waals surface area contributed by atoms with Crippen molar-refractivity contribution in [2.24, 2.45) is 0 Å². The van der Waals surface area contributed by atoms with Crippen molar-refractivity contribution in [1.82, 2.24) is 6.15 Å². The molecular formula is C22H12F38NO4P. The van der Waals surface area contributed by atoms with Gasteiger partial charge in [-0.1, -0.05) is 0 Å². The van der Waals surface area contributed by atoms with E-state index in [0.29, 0.717) is 0 Å². The third-order valence-corrected chi connectivity index (χ3v) is 8.86. The normalized spacial score (nSPS) is 16.7. The molecule has 0 saturated carbocycles. The van der Waals surface area contributed by atoms with E-state index in [2.05, 4.69) is 9.05 Å². The van der Waals surface area contributed by atoms with Gasteiger partial charge in [-0.2, -0.15) is 158 Å². The monoisotopic (exact) mass is 1110 g/mol. The highest BCUT2D eigenvalue weighted by molar-refractivity contribution is 7.47. The Morgan fingerprint density at radius 3 is 0.606 bits per heavy atom. The number of alkyl halides is 38. The van der Waals surface area contributed by atoms with E-state index in [1.54, 1.807) is 0 Å². The molecule has 0 aliphatic carbocycles. The van der Waals surface area contributed by atoms with E-state index in [1.807, 2.05) is 0 Å². The average Bonchev–Trinajstić information content (AvgIpc) is 3.03. The van der Waals surface area contributed by atoms with Gasteiger partial charge in [0.05, 0.1) is 13.2 Å². The van der Waals surface area contributed by atoms with Crippen molar-refractivity contribution in [3.63, 3.8) is 0 Å². The molecule has 4 N–H and O–H groups in total. The van der Waals surface area contributed by atoms with Crippen LogP contribution in [0.15, 0.2) is 0 Å². The van der Waals surface area contributed by atoms with E-state index >= 15 is 0 Å². The van der Waals surface area contributed by atoms with Gasteiger partial charge in [0, 0.05) is 12.8 Å². The fraction of sp³-hybridized carbons (Fsp3) is 1.00. The molecule has 0 aromatic rings. The number of phosphoric acid groups is 1. The second-order valence-corrected chi connectivity index (χ2v) is 13.5. The zero-order chi connectivity index (χ0) is 53.7. The van der Waals surface area contributed by atoms with Gasteiger partial charge in [0.25, 0.3) is 0 Å². The van der Waals surface area contributed by atoms with Crippen molar-refractivity contribution in [3.8, 4) is 0 Å². The van der Waals surface area contributed by atoms with Crippen LogP contribution in [-0.4, -0.2) is 125 Å². The van der Waals surface area contributed by atoms with Crippen molar-refractivity contribution in [2.45, 2.75) is 120 Å². The van der Waals surface area contributed by atoms with Crippen LogP contribution in [0.2, 0.25) is 0 Å². The minimum Gasteiger partial charge on any atom is -0.344 e. The van der Waals surface area contributed by atoms with Crippen molar-refractivity contribution >= 4 is 7.82 Å². The van der Waals surface area contributed by atoms with Crippen LogP contribution < -0.4 is 6.15 Å². The fourth-order valence-electron chi connectivity index (χ4n) is 4.04. The van der Waals surface area contributed by atoms with Crippen LogP contribution in [0.3, 0.4) is 0 Å². The van der Waals surface area contributed by atoms with Gasteiger partial charge in [0.2, 0.25) is 0 Å². The van der Waals surface area contributed by atoms with E-state index in [0.717, 1.165) is 0 Å². The van der Waals surface area contributed by atoms with Crippen LogP contribution in [0.4, 0.5) is 167 Å². The summed E-state index contributed by atoms with van der Waals surface area (Å²) < 4.78 is 526. The van der Waals surface area contributed by atoms with Crippen LogP contribution in [0.25, 0.3) is 0 Å². The lowest BCUT2D eigenvalue weighted by atomic mass is 9.83. The van der Waals surface area contributed by atoms with Gasteiger partial charge in [0.15, 0.2) is 0 Å². The molecule has 0 heterocycles. The summed E-state index contributed by atoms with van der Waals surface area (Å²) in [5.74, 6) is -108. The Balaban J connectivity index is 0. The van der Waals surface area contributed by atoms with E-state index in [4.69, 9.17) is 4.89 Å². The number of rotatable bonds is 20. The largest absolute Gasteiger partial charge is 0.472 e. The predicted octanol–water partition coefficient (Wildman–Crippen LogP) is 13.4. The number of hydrogen-bond acceptors (Lipinski definition) is 4. The predicted molar refractivity (Wildman–Crippen MR) is 127 cm³/mol. The van der Waals surface area contributed by atoms with Gasteiger partial charge in [-0.3, -0.25) is 9.05 Å². The molecule has 0 atom stereocenters. The summed E-state index contributed by atoms with van der Waals surface area (Å²) in [5, 5.41) is 0. The highest BCUT2D eigenvalue weighted by Crippen LogP contribution is 2.69. The molecule has 0 bridgehead atoms. The molecule has 0 rings (SSSR count). The maximum Gasteiger partial charge on any atom is 0.472 e. The molecular weight excluding hydrogens is 1100 g/mol. The van der Waals surface area contributed by atoms with Crippen LogP contribution in [-0.2, 0) is 13.6 Å². The van der Waals surface area contributed by atoms with Gasteiger partial charge < -0.3 is 11.0 Å². The molecule has 0 radical (unpaired) electrons. The molecule has 0 unspecified atom stereocenters. The minimum absolute atomic E-state index is 0. The SMILES string of the molecule is N.O=P(O)(OCCC(F)(F)C(F)(F)C(F)(F)C(F)(F)C(F)(F)C(F)(F)C(F)(C(F)(F)F)C(F)(F)F)OCCC(F)(F)C(F)(F)C(F)(F)C(F)(F)C(F)(F)C(F)(F)C(F)(C(F)(F)F)C(F)(F)F. The van der Waals surface area contributed by atoms with Gasteiger partial charge in [-0.15, -0.1) is 0 Å². The Hall–Kier alpha value is -2.59. The zero-order valence-corrected chi connectivity index (χ0v) is 29.9. The third-order valence-electron chi connectivity index (χ3n) is 7.84. The Morgan fingerprint density at radius 2 is 0.439 bits per heavy atom. The maximum absolute atomic E-state index is 13.9. The summed E-state index contributed by atoms with van der Waals surface area (Å²) in [6.45, 7) is -6.52. The standard InChI is InChI=1S/C22H9F38O4P.H3N/c23-5(24,9(29,30)13(37,38)17(45,46)15(41,42)11(33,34)7(27,19(49,50)51)20(52,53)54)1-3-63-65(61,62)64-4-2-6(25,26)10(31,32)14(39,40)18(47,48)16(43,44)12(35,36)8(28,21(55,56)57)22(58,59)60;/h1-4H2,(H,61,62);1H3. The van der Waals surface area contributed by atoms with Gasteiger partial charge in [-0.25, -0.2) is 13.3 Å². The lowest BCUT2D eigenvalue weighted by molar-refractivity contribution is -0.472. The number of phosphoric ester groups is 1. The Kier molecular flexibility index (Phi) is 16.9. The van der Waals surface area contributed by atoms with Gasteiger partial charge in [0.1, 0.15) is 0 Å². The summed E-state index contributed by atoms with van der Waals surface area (Å²) >= 11 is 0. The first-order valence-corrected chi connectivity index (χ1v) is 15.7. The van der Waals surface area contributed by atoms with Crippen LogP contribution in [0.1, 0.15) is 12.8 Å². The Labute approximate surface area is 333 Å². The first-order chi connectivity index (χ1) is 27.4. The molecule has 0 spiro atoms. The summed E-state index contributed by atoms with van der Waals surface area (Å²) in [5.41, 5.74) is -18.3. The molecule has 0 aromatic heterocycles. The summed E-state index contributed by atoms with van der Waals surface area (Å²) in [6, 6.07) is 0. The molecule has 0 aromatic carbocycles. The first kappa shape index (κ1) is 65.5. The topological polar surface area (TPSA) is 90.8 Å². The smallest absolute Gasteiger partial charge is 0.344 e. The Bertz CT molecular complexity index is 1570. The molecule has 400 valence electrons. The number of halogens is 38. The summed E-state index contributed by atoms with van der Waals surface area (Å²) in [6.07, 6.45) is -42.3. The molecule has 0 saturated heterocycles. The lowest BCUT2D eigenvalue weighted by Gasteiger charge is -2.45. The lowest BCUT2D eigenvalue weighted by Crippen LogP contribution is -2.77. The van der Waals surface area contributed by atoms with Crippen LogP contribution >= 0.6 is 7.82 Å². The molecule has 0 fully saturated rings. The van der Waals surface area contributed by atoms with E-state index in [9.17, 15) is 171 Å². The maximum atomic E-state index is 13.9. The van der Waals surface area contributed by atoms with Crippen molar-refractivity contribution < 1.29 is 185 Å².